The van der Waals surface area contributed by atoms with E-state index in [4.69, 9.17) is 9.47 Å². The summed E-state index contributed by atoms with van der Waals surface area (Å²) in [5, 5.41) is 3.70. The number of nitrogens with one attached hydrogen (secondary N) is 2. The number of imide groups is 1. The summed E-state index contributed by atoms with van der Waals surface area (Å²) in [6, 6.07) is 3.47. The van der Waals surface area contributed by atoms with E-state index in [-0.39, 0.29) is 18.4 Å². The molecule has 0 radical (unpaired) electrons. The molecule has 1 aromatic carbocycles. The number of hydrogen-bond donors (Lipinski definition) is 2. The Bertz CT molecular complexity index is 926. The zero-order valence-corrected chi connectivity index (χ0v) is 19.7. The van der Waals surface area contributed by atoms with Crippen LogP contribution in [0.25, 0.3) is 0 Å². The largest absolute Gasteiger partial charge is 0.490 e. The minimum absolute atomic E-state index is 0.0950. The zero-order chi connectivity index (χ0) is 23.6. The van der Waals surface area contributed by atoms with Gasteiger partial charge < -0.3 is 14.8 Å². The molecule has 0 bridgehead atoms. The van der Waals surface area contributed by atoms with E-state index < -0.39 is 11.6 Å². The minimum Gasteiger partial charge on any atom is -0.490 e. The SMILES string of the molecule is CCOc1cc2c(cc1OCC)CN(CC(=O)NN1C(=O)NC3(CCC(C)CC3)C1=O)CC2. The standard InChI is InChI=1S/C24H34N4O5/c1-4-32-19-12-17-8-11-27(14-18(17)13-20(19)33-5-2)15-21(29)26-28-22(30)24(25-23(28)31)9-6-16(3)7-10-24/h12-13,16H,4-11,14-15H2,1-3H3,(H,25,31)(H,26,29). The van der Waals surface area contributed by atoms with Crippen molar-refractivity contribution in [3.8, 4) is 11.5 Å². The van der Waals surface area contributed by atoms with Crippen LogP contribution in [0.1, 0.15) is 57.6 Å². The third kappa shape index (κ3) is 4.78. The molecule has 4 rings (SSSR count). The summed E-state index contributed by atoms with van der Waals surface area (Å²) in [6.07, 6.45) is 3.77. The highest BCUT2D eigenvalue weighted by Crippen LogP contribution is 2.36. The Morgan fingerprint density at radius 3 is 2.39 bits per heavy atom. The van der Waals surface area contributed by atoms with Gasteiger partial charge in [-0.25, -0.2) is 4.79 Å². The second-order valence-electron chi connectivity index (χ2n) is 9.26. The summed E-state index contributed by atoms with van der Waals surface area (Å²) in [4.78, 5) is 40.2. The first kappa shape index (κ1) is 23.4. The van der Waals surface area contributed by atoms with Crippen LogP contribution in [-0.4, -0.2) is 59.6 Å². The monoisotopic (exact) mass is 458 g/mol. The van der Waals surface area contributed by atoms with Crippen LogP contribution in [0.5, 0.6) is 11.5 Å². The molecule has 2 N–H and O–H groups in total. The predicted octanol–water partition coefficient (Wildman–Crippen LogP) is 2.37. The minimum atomic E-state index is -0.866. The van der Waals surface area contributed by atoms with Crippen LogP contribution in [-0.2, 0) is 22.6 Å². The summed E-state index contributed by atoms with van der Waals surface area (Å²) >= 11 is 0. The number of amides is 4. The number of fused-ring (bicyclic) bond motifs is 1. The summed E-state index contributed by atoms with van der Waals surface area (Å²) in [6.45, 7) is 8.50. The van der Waals surface area contributed by atoms with Crippen LogP contribution in [0, 0.1) is 5.92 Å². The van der Waals surface area contributed by atoms with E-state index in [0.29, 0.717) is 50.8 Å². The quantitative estimate of drug-likeness (QED) is 0.609. The van der Waals surface area contributed by atoms with E-state index in [1.165, 1.54) is 5.56 Å². The van der Waals surface area contributed by atoms with Gasteiger partial charge in [-0.2, -0.15) is 5.01 Å². The first-order valence-corrected chi connectivity index (χ1v) is 11.9. The molecule has 9 heteroatoms. The van der Waals surface area contributed by atoms with Crippen LogP contribution >= 0.6 is 0 Å². The molecular weight excluding hydrogens is 424 g/mol. The van der Waals surface area contributed by atoms with E-state index in [9.17, 15) is 14.4 Å². The topological polar surface area (TPSA) is 100 Å². The molecule has 1 aromatic rings. The molecule has 2 aliphatic heterocycles. The van der Waals surface area contributed by atoms with E-state index in [0.717, 1.165) is 35.6 Å². The van der Waals surface area contributed by atoms with Gasteiger partial charge >= 0.3 is 6.03 Å². The van der Waals surface area contributed by atoms with Crippen molar-refractivity contribution in [3.63, 3.8) is 0 Å². The highest BCUT2D eigenvalue weighted by molar-refractivity contribution is 6.08. The van der Waals surface area contributed by atoms with Crippen LogP contribution in [0.15, 0.2) is 12.1 Å². The fraction of sp³-hybridized carbons (Fsp3) is 0.625. The Balaban J connectivity index is 1.38. The van der Waals surface area contributed by atoms with Gasteiger partial charge in [0.15, 0.2) is 11.5 Å². The molecule has 0 unspecified atom stereocenters. The molecule has 1 spiro atoms. The van der Waals surface area contributed by atoms with Crippen molar-refractivity contribution in [3.05, 3.63) is 23.3 Å². The van der Waals surface area contributed by atoms with Crippen LogP contribution in [0.2, 0.25) is 0 Å². The Labute approximate surface area is 194 Å². The molecule has 33 heavy (non-hydrogen) atoms. The van der Waals surface area contributed by atoms with Crippen molar-refractivity contribution in [1.82, 2.24) is 20.7 Å². The van der Waals surface area contributed by atoms with Crippen molar-refractivity contribution >= 4 is 17.8 Å². The second kappa shape index (κ2) is 9.59. The first-order valence-electron chi connectivity index (χ1n) is 11.9. The van der Waals surface area contributed by atoms with E-state index >= 15 is 0 Å². The molecule has 2 heterocycles. The van der Waals surface area contributed by atoms with Crippen molar-refractivity contribution < 1.29 is 23.9 Å². The number of urea groups is 1. The van der Waals surface area contributed by atoms with Crippen LogP contribution < -0.4 is 20.2 Å². The first-order chi connectivity index (χ1) is 15.8. The Morgan fingerprint density at radius 1 is 1.12 bits per heavy atom. The van der Waals surface area contributed by atoms with Gasteiger partial charge in [0.05, 0.1) is 19.8 Å². The third-order valence-electron chi connectivity index (χ3n) is 6.85. The van der Waals surface area contributed by atoms with Gasteiger partial charge in [-0.15, -0.1) is 0 Å². The van der Waals surface area contributed by atoms with Crippen LogP contribution in [0.3, 0.4) is 0 Å². The summed E-state index contributed by atoms with van der Waals surface area (Å²) in [5.41, 5.74) is 3.94. The van der Waals surface area contributed by atoms with Crippen LogP contribution in [0.4, 0.5) is 4.79 Å². The van der Waals surface area contributed by atoms with Crippen molar-refractivity contribution in [1.29, 1.82) is 0 Å². The lowest BCUT2D eigenvalue weighted by Gasteiger charge is -2.33. The van der Waals surface area contributed by atoms with E-state index in [1.807, 2.05) is 30.9 Å². The number of carbonyl (C=O) groups excluding carboxylic acids is 3. The normalized spacial score (nSPS) is 25.1. The van der Waals surface area contributed by atoms with Crippen molar-refractivity contribution in [2.45, 2.75) is 65.0 Å². The fourth-order valence-electron chi connectivity index (χ4n) is 4.97. The van der Waals surface area contributed by atoms with E-state index in [1.54, 1.807) is 0 Å². The maximum absolute atomic E-state index is 13.0. The Hall–Kier alpha value is -2.81. The lowest BCUT2D eigenvalue weighted by Crippen LogP contribution is -2.53. The zero-order valence-electron chi connectivity index (χ0n) is 19.7. The molecule has 9 nitrogen and oxygen atoms in total. The van der Waals surface area contributed by atoms with Gasteiger partial charge in [-0.1, -0.05) is 6.92 Å². The molecular formula is C24H34N4O5. The molecule has 180 valence electrons. The third-order valence-corrected chi connectivity index (χ3v) is 6.85. The highest BCUT2D eigenvalue weighted by Gasteiger charge is 2.52. The Morgan fingerprint density at radius 2 is 1.76 bits per heavy atom. The number of rotatable bonds is 7. The summed E-state index contributed by atoms with van der Waals surface area (Å²) < 4.78 is 11.5. The smallest absolute Gasteiger partial charge is 0.344 e. The van der Waals surface area contributed by atoms with Gasteiger partial charge in [0, 0.05) is 13.1 Å². The van der Waals surface area contributed by atoms with Gasteiger partial charge in [-0.3, -0.25) is 19.9 Å². The van der Waals surface area contributed by atoms with Gasteiger partial charge in [0.25, 0.3) is 11.8 Å². The average molecular weight is 459 g/mol. The highest BCUT2D eigenvalue weighted by atomic mass is 16.5. The molecule has 1 saturated carbocycles. The van der Waals surface area contributed by atoms with Crippen molar-refractivity contribution in [2.75, 3.05) is 26.3 Å². The second-order valence-corrected chi connectivity index (χ2v) is 9.26. The van der Waals surface area contributed by atoms with E-state index in [2.05, 4.69) is 17.7 Å². The molecule has 4 amide bonds. The van der Waals surface area contributed by atoms with Gasteiger partial charge in [0.1, 0.15) is 5.54 Å². The molecule has 0 aromatic heterocycles. The average Bonchev–Trinajstić information content (AvgIpc) is 3.01. The molecule has 1 saturated heterocycles. The van der Waals surface area contributed by atoms with Crippen molar-refractivity contribution in [2.24, 2.45) is 5.92 Å². The number of benzene rings is 1. The number of ether oxygens (including phenoxy) is 2. The Kier molecular flexibility index (Phi) is 6.78. The predicted molar refractivity (Wildman–Crippen MR) is 122 cm³/mol. The molecule has 3 aliphatic rings. The molecule has 1 aliphatic carbocycles. The van der Waals surface area contributed by atoms with Gasteiger partial charge in [-0.05, 0) is 75.1 Å². The maximum Gasteiger partial charge on any atom is 0.344 e. The molecule has 0 atom stereocenters. The number of carbonyl (C=O) groups is 3. The fourth-order valence-corrected chi connectivity index (χ4v) is 4.97. The summed E-state index contributed by atoms with van der Waals surface area (Å²) in [7, 11) is 0. The number of hydrogen-bond acceptors (Lipinski definition) is 6. The maximum atomic E-state index is 13.0. The molecule has 2 fully saturated rings. The number of hydrazine groups is 1. The lowest BCUT2D eigenvalue weighted by atomic mass is 9.77. The summed E-state index contributed by atoms with van der Waals surface area (Å²) in [5.74, 6) is 1.27. The lowest BCUT2D eigenvalue weighted by molar-refractivity contribution is -0.140. The number of nitrogens with zero attached hydrogens (tertiary/aromatic N) is 2. The van der Waals surface area contributed by atoms with Gasteiger partial charge in [0.2, 0.25) is 0 Å².